The first kappa shape index (κ1) is 14.7. The van der Waals surface area contributed by atoms with E-state index in [1.54, 1.807) is 30.3 Å². The Labute approximate surface area is 132 Å². The second kappa shape index (κ2) is 5.88. The largest absolute Gasteiger partial charge is 0.360 e. The number of amides is 1. The van der Waals surface area contributed by atoms with Crippen molar-refractivity contribution in [3.63, 3.8) is 0 Å². The maximum absolute atomic E-state index is 12.3. The Bertz CT molecular complexity index is 907. The molecule has 0 aliphatic rings. The number of hydrogen-bond acceptors (Lipinski definition) is 3. The third-order valence-electron chi connectivity index (χ3n) is 3.59. The number of aromatic amines is 1. The Morgan fingerprint density at radius 1 is 0.957 bits per heavy atom. The summed E-state index contributed by atoms with van der Waals surface area (Å²) < 4.78 is 0. The predicted octanol–water partition coefficient (Wildman–Crippen LogP) is 3.19. The van der Waals surface area contributed by atoms with Crippen LogP contribution in [-0.4, -0.2) is 22.5 Å². The monoisotopic (exact) mass is 306 g/mol. The van der Waals surface area contributed by atoms with E-state index in [4.69, 9.17) is 0 Å². The van der Waals surface area contributed by atoms with Crippen molar-refractivity contribution in [3.8, 4) is 0 Å². The fourth-order valence-electron chi connectivity index (χ4n) is 2.36. The molecule has 114 valence electrons. The van der Waals surface area contributed by atoms with Gasteiger partial charge in [0.1, 0.15) is 0 Å². The van der Waals surface area contributed by atoms with Crippen molar-refractivity contribution < 1.29 is 14.4 Å². The number of H-pyrrole nitrogens is 1. The second-order valence-electron chi connectivity index (χ2n) is 5.16. The lowest BCUT2D eigenvalue weighted by Gasteiger charge is -2.04. The van der Waals surface area contributed by atoms with Gasteiger partial charge in [0.15, 0.2) is 5.78 Å². The molecular formula is C18H14N2O3. The van der Waals surface area contributed by atoms with Crippen LogP contribution in [0.2, 0.25) is 0 Å². The minimum absolute atomic E-state index is 0.0576. The molecule has 5 heteroatoms. The lowest BCUT2D eigenvalue weighted by molar-refractivity contribution is -0.112. The predicted molar refractivity (Wildman–Crippen MR) is 87.7 cm³/mol. The minimum atomic E-state index is -0.717. The van der Waals surface area contributed by atoms with E-state index in [1.165, 1.54) is 13.1 Å². The molecular weight excluding hydrogens is 292 g/mol. The van der Waals surface area contributed by atoms with E-state index in [0.29, 0.717) is 22.2 Å². The number of ketones is 2. The van der Waals surface area contributed by atoms with Crippen molar-refractivity contribution in [2.75, 3.05) is 5.32 Å². The summed E-state index contributed by atoms with van der Waals surface area (Å²) in [6.45, 7) is 1.47. The smallest absolute Gasteiger partial charge is 0.296 e. The van der Waals surface area contributed by atoms with Crippen molar-refractivity contribution in [1.29, 1.82) is 0 Å². The number of rotatable bonds is 4. The first-order valence-corrected chi connectivity index (χ1v) is 7.09. The van der Waals surface area contributed by atoms with Crippen molar-refractivity contribution in [3.05, 3.63) is 65.9 Å². The van der Waals surface area contributed by atoms with Crippen molar-refractivity contribution in [2.24, 2.45) is 0 Å². The number of para-hydroxylation sites is 1. The molecule has 1 aromatic heterocycles. The van der Waals surface area contributed by atoms with E-state index in [2.05, 4.69) is 10.3 Å². The van der Waals surface area contributed by atoms with E-state index < -0.39 is 11.7 Å². The highest BCUT2D eigenvalue weighted by atomic mass is 16.2. The topological polar surface area (TPSA) is 79.0 Å². The number of nitrogens with one attached hydrogen (secondary N) is 2. The lowest BCUT2D eigenvalue weighted by Crippen LogP contribution is -2.22. The molecule has 0 unspecified atom stereocenters. The van der Waals surface area contributed by atoms with E-state index in [-0.39, 0.29) is 5.78 Å². The average molecular weight is 306 g/mol. The molecule has 1 heterocycles. The van der Waals surface area contributed by atoms with Gasteiger partial charge >= 0.3 is 0 Å². The Morgan fingerprint density at radius 3 is 2.35 bits per heavy atom. The van der Waals surface area contributed by atoms with Gasteiger partial charge in [0, 0.05) is 28.4 Å². The molecule has 0 radical (unpaired) electrons. The van der Waals surface area contributed by atoms with Crippen LogP contribution in [0.4, 0.5) is 5.69 Å². The molecule has 2 aromatic carbocycles. The van der Waals surface area contributed by atoms with Crippen LogP contribution in [0.3, 0.4) is 0 Å². The standard InChI is InChI=1S/C18H14N2O3/c1-11(21)12-6-8-13(9-7-12)20-18(23)17(22)15-10-19-16-5-3-2-4-14(15)16/h2-10,19H,1H3,(H,20,23). The summed E-state index contributed by atoms with van der Waals surface area (Å²) in [5, 5.41) is 3.26. The number of fused-ring (bicyclic) bond motifs is 1. The zero-order valence-electron chi connectivity index (χ0n) is 12.4. The van der Waals surface area contributed by atoms with Crippen LogP contribution < -0.4 is 5.32 Å². The van der Waals surface area contributed by atoms with Crippen LogP contribution in [0.15, 0.2) is 54.7 Å². The highest BCUT2D eigenvalue weighted by molar-refractivity contribution is 6.48. The number of anilines is 1. The van der Waals surface area contributed by atoms with Gasteiger partial charge < -0.3 is 10.3 Å². The maximum Gasteiger partial charge on any atom is 0.296 e. The highest BCUT2D eigenvalue weighted by Gasteiger charge is 2.19. The molecule has 2 N–H and O–H groups in total. The minimum Gasteiger partial charge on any atom is -0.360 e. The number of carbonyl (C=O) groups is 3. The van der Waals surface area contributed by atoms with Crippen molar-refractivity contribution >= 4 is 34.1 Å². The molecule has 1 amide bonds. The molecule has 3 rings (SSSR count). The summed E-state index contributed by atoms with van der Waals surface area (Å²) in [7, 11) is 0. The van der Waals surface area contributed by atoms with E-state index >= 15 is 0 Å². The molecule has 0 aliphatic carbocycles. The Balaban J connectivity index is 1.80. The fraction of sp³-hybridized carbons (Fsp3) is 0.0556. The number of benzene rings is 2. The Morgan fingerprint density at radius 2 is 1.65 bits per heavy atom. The number of aromatic nitrogens is 1. The van der Waals surface area contributed by atoms with Crippen LogP contribution in [0.25, 0.3) is 10.9 Å². The number of carbonyl (C=O) groups excluding carboxylic acids is 3. The molecule has 0 aliphatic heterocycles. The Kier molecular flexibility index (Phi) is 3.76. The average Bonchev–Trinajstić information content (AvgIpc) is 2.98. The van der Waals surface area contributed by atoms with Gasteiger partial charge in [0.2, 0.25) is 0 Å². The summed E-state index contributed by atoms with van der Waals surface area (Å²) in [4.78, 5) is 38.6. The van der Waals surface area contributed by atoms with Gasteiger partial charge in [0.25, 0.3) is 11.7 Å². The molecule has 0 spiro atoms. The second-order valence-corrected chi connectivity index (χ2v) is 5.16. The number of hydrogen-bond donors (Lipinski definition) is 2. The summed E-state index contributed by atoms with van der Waals surface area (Å²) >= 11 is 0. The van der Waals surface area contributed by atoms with Crippen LogP contribution in [-0.2, 0) is 4.79 Å². The van der Waals surface area contributed by atoms with Gasteiger partial charge in [-0.3, -0.25) is 14.4 Å². The van der Waals surface area contributed by atoms with E-state index in [1.807, 2.05) is 18.2 Å². The summed E-state index contributed by atoms with van der Waals surface area (Å²) in [5.41, 5.74) is 2.15. The maximum atomic E-state index is 12.3. The highest BCUT2D eigenvalue weighted by Crippen LogP contribution is 2.19. The van der Waals surface area contributed by atoms with Crippen LogP contribution in [0.1, 0.15) is 27.6 Å². The van der Waals surface area contributed by atoms with Gasteiger partial charge in [-0.2, -0.15) is 0 Å². The molecule has 23 heavy (non-hydrogen) atoms. The molecule has 0 fully saturated rings. The third-order valence-corrected chi connectivity index (χ3v) is 3.59. The van der Waals surface area contributed by atoms with Gasteiger partial charge in [-0.15, -0.1) is 0 Å². The van der Waals surface area contributed by atoms with Crippen LogP contribution in [0.5, 0.6) is 0 Å². The molecule has 0 saturated carbocycles. The van der Waals surface area contributed by atoms with Gasteiger partial charge in [-0.1, -0.05) is 18.2 Å². The first-order chi connectivity index (χ1) is 11.1. The lowest BCUT2D eigenvalue weighted by atomic mass is 10.1. The van der Waals surface area contributed by atoms with E-state index in [0.717, 1.165) is 5.52 Å². The summed E-state index contributed by atoms with van der Waals surface area (Å²) in [5.74, 6) is -1.39. The quantitative estimate of drug-likeness (QED) is 0.574. The van der Waals surface area contributed by atoms with Gasteiger partial charge in [-0.25, -0.2) is 0 Å². The first-order valence-electron chi connectivity index (χ1n) is 7.09. The summed E-state index contributed by atoms with van der Waals surface area (Å²) in [6.07, 6.45) is 1.53. The fourth-order valence-corrected chi connectivity index (χ4v) is 2.36. The molecule has 3 aromatic rings. The molecule has 0 bridgehead atoms. The SMILES string of the molecule is CC(=O)c1ccc(NC(=O)C(=O)c2c[nH]c3ccccc23)cc1. The van der Waals surface area contributed by atoms with Crippen LogP contribution >= 0.6 is 0 Å². The Hall–Kier alpha value is -3.21. The third kappa shape index (κ3) is 2.89. The van der Waals surface area contributed by atoms with Crippen LogP contribution in [0, 0.1) is 0 Å². The molecule has 0 atom stereocenters. The molecule has 0 saturated heterocycles. The van der Waals surface area contributed by atoms with Crippen molar-refractivity contribution in [2.45, 2.75) is 6.92 Å². The molecule has 5 nitrogen and oxygen atoms in total. The zero-order chi connectivity index (χ0) is 16.4. The number of Topliss-reactive ketones (excluding diaryl/α,β-unsaturated/α-hetero) is 2. The van der Waals surface area contributed by atoms with E-state index in [9.17, 15) is 14.4 Å². The van der Waals surface area contributed by atoms with Gasteiger partial charge in [0.05, 0.1) is 5.56 Å². The zero-order valence-corrected chi connectivity index (χ0v) is 12.4. The normalized spacial score (nSPS) is 10.5. The van der Waals surface area contributed by atoms with Crippen molar-refractivity contribution in [1.82, 2.24) is 4.98 Å². The van der Waals surface area contributed by atoms with Gasteiger partial charge in [-0.05, 0) is 37.3 Å². The summed E-state index contributed by atoms with van der Waals surface area (Å²) in [6, 6.07) is 13.7.